The number of hydrogen-bond donors (Lipinski definition) is 2. The van der Waals surface area contributed by atoms with Crippen LogP contribution in [0.15, 0.2) is 23.0 Å². The first kappa shape index (κ1) is 9.67. The molecule has 0 aliphatic heterocycles. The van der Waals surface area contributed by atoms with Gasteiger partial charge >= 0.3 is 0 Å². The fourth-order valence-electron chi connectivity index (χ4n) is 1.39. The predicted octanol–water partition coefficient (Wildman–Crippen LogP) is 0.390. The second-order valence-corrected chi connectivity index (χ2v) is 3.10. The number of benzene rings is 1. The molecule has 0 saturated carbocycles. The van der Waals surface area contributed by atoms with E-state index in [4.69, 9.17) is 10.5 Å². The lowest BCUT2D eigenvalue weighted by atomic mass is 10.2. The summed E-state index contributed by atoms with van der Waals surface area (Å²) < 4.78 is 5.05. The zero-order chi connectivity index (χ0) is 10.8. The van der Waals surface area contributed by atoms with Crippen LogP contribution in [-0.2, 0) is 6.54 Å². The van der Waals surface area contributed by atoms with E-state index in [0.29, 0.717) is 22.5 Å². The third-order valence-corrected chi connectivity index (χ3v) is 2.16. The summed E-state index contributed by atoms with van der Waals surface area (Å²) in [5.41, 5.74) is 5.83. The molecule has 0 atom stereocenters. The molecule has 1 heterocycles. The van der Waals surface area contributed by atoms with E-state index in [1.807, 2.05) is 0 Å². The van der Waals surface area contributed by atoms with E-state index in [9.17, 15) is 4.79 Å². The molecule has 15 heavy (non-hydrogen) atoms. The van der Waals surface area contributed by atoms with Gasteiger partial charge in [-0.25, -0.2) is 4.98 Å². The van der Waals surface area contributed by atoms with E-state index < -0.39 is 0 Å². The van der Waals surface area contributed by atoms with Crippen LogP contribution in [0.1, 0.15) is 5.82 Å². The Labute approximate surface area is 85.9 Å². The minimum Gasteiger partial charge on any atom is -0.497 e. The summed E-state index contributed by atoms with van der Waals surface area (Å²) in [7, 11) is 1.57. The number of rotatable bonds is 2. The Balaban J connectivity index is 2.75. The van der Waals surface area contributed by atoms with Gasteiger partial charge in [0.15, 0.2) is 0 Å². The Bertz CT molecular complexity index is 543. The molecule has 1 aromatic heterocycles. The first-order valence-electron chi connectivity index (χ1n) is 4.51. The highest BCUT2D eigenvalue weighted by Gasteiger charge is 2.03. The van der Waals surface area contributed by atoms with Crippen molar-refractivity contribution in [1.82, 2.24) is 9.97 Å². The van der Waals surface area contributed by atoms with E-state index in [1.54, 1.807) is 25.3 Å². The second-order valence-electron chi connectivity index (χ2n) is 3.10. The summed E-state index contributed by atoms with van der Waals surface area (Å²) in [5.74, 6) is 1.14. The van der Waals surface area contributed by atoms with Crippen molar-refractivity contribution in [2.45, 2.75) is 6.54 Å². The summed E-state index contributed by atoms with van der Waals surface area (Å²) in [6.45, 7) is 0.211. The number of nitrogens with two attached hydrogens (primary N) is 1. The number of fused-ring (bicyclic) bond motifs is 1. The van der Waals surface area contributed by atoms with Gasteiger partial charge in [-0.3, -0.25) is 4.79 Å². The summed E-state index contributed by atoms with van der Waals surface area (Å²) in [6.07, 6.45) is 0. The van der Waals surface area contributed by atoms with Crippen LogP contribution in [0, 0.1) is 0 Å². The lowest BCUT2D eigenvalue weighted by Gasteiger charge is -2.02. The minimum atomic E-state index is -0.178. The Hall–Kier alpha value is -1.88. The third-order valence-electron chi connectivity index (χ3n) is 2.16. The second kappa shape index (κ2) is 3.70. The number of H-pyrrole nitrogens is 1. The van der Waals surface area contributed by atoms with E-state index in [-0.39, 0.29) is 12.1 Å². The molecule has 5 nitrogen and oxygen atoms in total. The van der Waals surface area contributed by atoms with E-state index in [2.05, 4.69) is 9.97 Å². The van der Waals surface area contributed by atoms with E-state index >= 15 is 0 Å². The Kier molecular flexibility index (Phi) is 2.39. The average molecular weight is 205 g/mol. The van der Waals surface area contributed by atoms with Gasteiger partial charge in [0.2, 0.25) is 0 Å². The molecule has 0 unspecified atom stereocenters. The number of aromatic nitrogens is 2. The predicted molar refractivity (Wildman–Crippen MR) is 56.8 cm³/mol. The van der Waals surface area contributed by atoms with Crippen LogP contribution in [0.3, 0.4) is 0 Å². The van der Waals surface area contributed by atoms with Gasteiger partial charge in [0.1, 0.15) is 11.6 Å². The van der Waals surface area contributed by atoms with Gasteiger partial charge in [-0.15, -0.1) is 0 Å². The average Bonchev–Trinajstić information content (AvgIpc) is 2.28. The normalized spacial score (nSPS) is 10.5. The Morgan fingerprint density at radius 2 is 2.33 bits per heavy atom. The highest BCUT2D eigenvalue weighted by molar-refractivity contribution is 5.78. The monoisotopic (exact) mass is 205 g/mol. The van der Waals surface area contributed by atoms with Crippen LogP contribution in [0.5, 0.6) is 5.75 Å². The van der Waals surface area contributed by atoms with Crippen molar-refractivity contribution in [3.63, 3.8) is 0 Å². The van der Waals surface area contributed by atoms with Crippen LogP contribution in [0.4, 0.5) is 0 Å². The summed E-state index contributed by atoms with van der Waals surface area (Å²) >= 11 is 0. The quantitative estimate of drug-likeness (QED) is 0.743. The number of ether oxygens (including phenoxy) is 1. The maximum absolute atomic E-state index is 11.6. The standard InChI is InChI=1S/C10H11N3O2/c1-15-6-2-3-7-8(4-6)12-9(5-11)13-10(7)14/h2-4H,5,11H2,1H3,(H,12,13,14). The number of aromatic amines is 1. The van der Waals surface area contributed by atoms with Gasteiger partial charge < -0.3 is 15.5 Å². The van der Waals surface area contributed by atoms with Gasteiger partial charge in [0.25, 0.3) is 5.56 Å². The highest BCUT2D eigenvalue weighted by Crippen LogP contribution is 2.15. The fourth-order valence-corrected chi connectivity index (χ4v) is 1.39. The summed E-state index contributed by atoms with van der Waals surface area (Å²) in [5, 5.41) is 0.535. The maximum Gasteiger partial charge on any atom is 0.258 e. The van der Waals surface area contributed by atoms with Crippen LogP contribution in [0.25, 0.3) is 10.9 Å². The molecule has 1 aromatic carbocycles. The molecule has 3 N–H and O–H groups in total. The van der Waals surface area contributed by atoms with Crippen molar-refractivity contribution in [2.24, 2.45) is 5.73 Å². The van der Waals surface area contributed by atoms with Crippen molar-refractivity contribution in [1.29, 1.82) is 0 Å². The van der Waals surface area contributed by atoms with Crippen LogP contribution >= 0.6 is 0 Å². The molecule has 0 bridgehead atoms. The highest BCUT2D eigenvalue weighted by atomic mass is 16.5. The van der Waals surface area contributed by atoms with Gasteiger partial charge in [-0.05, 0) is 12.1 Å². The molecule has 5 heteroatoms. The molecule has 2 aromatic rings. The smallest absolute Gasteiger partial charge is 0.258 e. The number of hydrogen-bond acceptors (Lipinski definition) is 4. The van der Waals surface area contributed by atoms with Crippen molar-refractivity contribution in [2.75, 3.05) is 7.11 Å². The van der Waals surface area contributed by atoms with Crippen LogP contribution < -0.4 is 16.0 Å². The van der Waals surface area contributed by atoms with Gasteiger partial charge in [0, 0.05) is 6.07 Å². The SMILES string of the molecule is COc1ccc2c(=O)[nH]c(CN)nc2c1. The van der Waals surface area contributed by atoms with Crippen molar-refractivity contribution in [3.05, 3.63) is 34.4 Å². The fraction of sp³-hybridized carbons (Fsp3) is 0.200. The maximum atomic E-state index is 11.6. The van der Waals surface area contributed by atoms with Crippen LogP contribution in [-0.4, -0.2) is 17.1 Å². The molecule has 0 aliphatic carbocycles. The van der Waals surface area contributed by atoms with Gasteiger partial charge in [0.05, 0.1) is 24.6 Å². The molecule has 0 aliphatic rings. The number of nitrogens with one attached hydrogen (secondary N) is 1. The minimum absolute atomic E-state index is 0.178. The van der Waals surface area contributed by atoms with Crippen molar-refractivity contribution in [3.8, 4) is 5.75 Å². The van der Waals surface area contributed by atoms with Gasteiger partial charge in [-0.1, -0.05) is 0 Å². The first-order valence-corrected chi connectivity index (χ1v) is 4.51. The third kappa shape index (κ3) is 1.69. The molecule has 0 spiro atoms. The number of nitrogens with zero attached hydrogens (tertiary/aromatic N) is 1. The zero-order valence-corrected chi connectivity index (χ0v) is 8.28. The lowest BCUT2D eigenvalue weighted by Crippen LogP contribution is -2.14. The van der Waals surface area contributed by atoms with Gasteiger partial charge in [-0.2, -0.15) is 0 Å². The lowest BCUT2D eigenvalue weighted by molar-refractivity contribution is 0.415. The zero-order valence-electron chi connectivity index (χ0n) is 8.28. The first-order chi connectivity index (χ1) is 7.24. The van der Waals surface area contributed by atoms with Crippen LogP contribution in [0.2, 0.25) is 0 Å². The summed E-state index contributed by atoms with van der Waals surface area (Å²) in [4.78, 5) is 18.4. The molecule has 2 rings (SSSR count). The Morgan fingerprint density at radius 1 is 1.53 bits per heavy atom. The molecule has 0 saturated heterocycles. The topological polar surface area (TPSA) is 81.0 Å². The molecule has 0 fully saturated rings. The molecule has 0 radical (unpaired) electrons. The number of methoxy groups -OCH3 is 1. The van der Waals surface area contributed by atoms with E-state index in [0.717, 1.165) is 0 Å². The molecule has 0 amide bonds. The summed E-state index contributed by atoms with van der Waals surface area (Å²) in [6, 6.07) is 5.12. The van der Waals surface area contributed by atoms with Crippen molar-refractivity contribution < 1.29 is 4.74 Å². The van der Waals surface area contributed by atoms with E-state index in [1.165, 1.54) is 0 Å². The largest absolute Gasteiger partial charge is 0.497 e. The van der Waals surface area contributed by atoms with Crippen molar-refractivity contribution >= 4 is 10.9 Å². The molecular weight excluding hydrogens is 194 g/mol. The molecular formula is C10H11N3O2. The molecule has 78 valence electrons. The Morgan fingerprint density at radius 3 is 3.00 bits per heavy atom.